The molecule has 108 valence electrons. The van der Waals surface area contributed by atoms with Crippen molar-refractivity contribution in [3.63, 3.8) is 0 Å². The Hall–Kier alpha value is -1.60. The zero-order chi connectivity index (χ0) is 14.8. The number of rotatable bonds is 5. The van der Waals surface area contributed by atoms with Crippen LogP contribution in [0.25, 0.3) is 0 Å². The summed E-state index contributed by atoms with van der Waals surface area (Å²) in [6, 6.07) is -0.960. The summed E-state index contributed by atoms with van der Waals surface area (Å²) < 4.78 is 37.9. The van der Waals surface area contributed by atoms with Gasteiger partial charge in [-0.15, -0.1) is 10.2 Å². The quantitative estimate of drug-likeness (QED) is 0.898. The summed E-state index contributed by atoms with van der Waals surface area (Å²) in [5, 5.41) is 16.5. The van der Waals surface area contributed by atoms with Gasteiger partial charge < -0.3 is 9.67 Å². The molecule has 1 aromatic rings. The van der Waals surface area contributed by atoms with Gasteiger partial charge in [-0.1, -0.05) is 13.8 Å². The van der Waals surface area contributed by atoms with Crippen LogP contribution in [0.2, 0.25) is 0 Å². The molecular weight excluding hydrogens is 263 g/mol. The van der Waals surface area contributed by atoms with Gasteiger partial charge in [-0.3, -0.25) is 0 Å². The van der Waals surface area contributed by atoms with Crippen LogP contribution in [0.4, 0.5) is 13.2 Å². The van der Waals surface area contributed by atoms with Crippen molar-refractivity contribution in [2.45, 2.75) is 45.8 Å². The molecule has 0 bridgehead atoms. The van der Waals surface area contributed by atoms with Crippen LogP contribution in [0.3, 0.4) is 0 Å². The second-order valence-electron chi connectivity index (χ2n) is 4.68. The van der Waals surface area contributed by atoms with Crippen molar-refractivity contribution in [2.75, 3.05) is 0 Å². The number of hydrogen-bond donors (Lipinski definition) is 1. The molecule has 0 saturated heterocycles. The molecule has 0 aliphatic heterocycles. The molecule has 0 aromatic carbocycles. The van der Waals surface area contributed by atoms with Crippen LogP contribution in [-0.4, -0.2) is 32.0 Å². The summed E-state index contributed by atoms with van der Waals surface area (Å²) in [6.07, 6.45) is -5.72. The number of halogens is 3. The molecule has 1 rings (SSSR count). The maximum atomic E-state index is 12.2. The van der Waals surface area contributed by atoms with E-state index in [2.05, 4.69) is 10.2 Å². The van der Waals surface area contributed by atoms with E-state index >= 15 is 0 Å². The molecular formula is C11H16F3N3O2. The van der Waals surface area contributed by atoms with Crippen molar-refractivity contribution in [2.24, 2.45) is 5.92 Å². The smallest absolute Gasteiger partial charge is 0.389 e. The SMILES string of the molecule is Cc1nnc(CCC(F)(F)F)n1C(C(=O)O)C(C)C. The Morgan fingerprint density at radius 3 is 2.37 bits per heavy atom. The van der Waals surface area contributed by atoms with Crippen LogP contribution < -0.4 is 0 Å². The van der Waals surface area contributed by atoms with Gasteiger partial charge in [-0.05, 0) is 12.8 Å². The van der Waals surface area contributed by atoms with Crippen molar-refractivity contribution in [3.8, 4) is 0 Å². The number of carbonyl (C=O) groups is 1. The summed E-state index contributed by atoms with van der Waals surface area (Å²) in [6.45, 7) is 4.90. The van der Waals surface area contributed by atoms with E-state index in [9.17, 15) is 23.1 Å². The second kappa shape index (κ2) is 5.58. The molecule has 8 heteroatoms. The van der Waals surface area contributed by atoms with E-state index in [1.165, 1.54) is 11.5 Å². The molecule has 5 nitrogen and oxygen atoms in total. The molecule has 0 spiro atoms. The highest BCUT2D eigenvalue weighted by atomic mass is 19.4. The largest absolute Gasteiger partial charge is 0.480 e. The minimum atomic E-state index is -4.30. The van der Waals surface area contributed by atoms with Crippen molar-refractivity contribution >= 4 is 5.97 Å². The molecule has 0 saturated carbocycles. The fourth-order valence-electron chi connectivity index (χ4n) is 1.89. The zero-order valence-electron chi connectivity index (χ0n) is 10.9. The van der Waals surface area contributed by atoms with Crippen LogP contribution in [0, 0.1) is 12.8 Å². The maximum Gasteiger partial charge on any atom is 0.389 e. The lowest BCUT2D eigenvalue weighted by atomic mass is 10.0. The third kappa shape index (κ3) is 3.93. The molecule has 1 aromatic heterocycles. The minimum Gasteiger partial charge on any atom is -0.480 e. The van der Waals surface area contributed by atoms with Crippen LogP contribution in [0.15, 0.2) is 0 Å². The van der Waals surface area contributed by atoms with E-state index < -0.39 is 24.6 Å². The second-order valence-corrected chi connectivity index (χ2v) is 4.68. The first kappa shape index (κ1) is 15.5. The summed E-state index contributed by atoms with van der Waals surface area (Å²) >= 11 is 0. The average molecular weight is 279 g/mol. The fourth-order valence-corrected chi connectivity index (χ4v) is 1.89. The van der Waals surface area contributed by atoms with Crippen molar-refractivity contribution < 1.29 is 23.1 Å². The Bertz CT molecular complexity index is 455. The molecule has 0 amide bonds. The monoisotopic (exact) mass is 279 g/mol. The third-order valence-electron chi connectivity index (χ3n) is 2.73. The molecule has 0 fully saturated rings. The molecule has 1 N–H and O–H groups in total. The van der Waals surface area contributed by atoms with Gasteiger partial charge in [0.1, 0.15) is 17.7 Å². The van der Waals surface area contributed by atoms with Gasteiger partial charge in [-0.2, -0.15) is 13.2 Å². The number of aromatic nitrogens is 3. The lowest BCUT2D eigenvalue weighted by Crippen LogP contribution is -2.27. The van der Waals surface area contributed by atoms with Crippen LogP contribution in [0.1, 0.15) is 38.0 Å². The first-order valence-electron chi connectivity index (χ1n) is 5.83. The predicted molar refractivity (Wildman–Crippen MR) is 60.6 cm³/mol. The van der Waals surface area contributed by atoms with E-state index in [1.807, 2.05) is 0 Å². The number of carboxylic acid groups (broad SMARTS) is 1. The Morgan fingerprint density at radius 2 is 1.95 bits per heavy atom. The number of aryl methyl sites for hydroxylation is 2. The first-order chi connectivity index (χ1) is 8.63. The highest BCUT2D eigenvalue weighted by Crippen LogP contribution is 2.25. The Balaban J connectivity index is 3.06. The topological polar surface area (TPSA) is 68.0 Å². The summed E-state index contributed by atoms with van der Waals surface area (Å²) in [5.41, 5.74) is 0. The first-order valence-corrected chi connectivity index (χ1v) is 5.83. The normalized spacial score (nSPS) is 13.8. The van der Waals surface area contributed by atoms with Gasteiger partial charge in [0.25, 0.3) is 0 Å². The predicted octanol–water partition coefficient (Wildman–Crippen LogP) is 2.36. The number of carboxylic acids is 1. The molecule has 1 atom stereocenters. The average Bonchev–Trinajstić information content (AvgIpc) is 2.56. The van der Waals surface area contributed by atoms with Crippen molar-refractivity contribution in [1.82, 2.24) is 14.8 Å². The van der Waals surface area contributed by atoms with Gasteiger partial charge >= 0.3 is 12.1 Å². The van der Waals surface area contributed by atoms with Crippen LogP contribution in [0.5, 0.6) is 0 Å². The van der Waals surface area contributed by atoms with Gasteiger partial charge in [0.05, 0.1) is 6.42 Å². The highest BCUT2D eigenvalue weighted by molar-refractivity contribution is 5.72. The zero-order valence-corrected chi connectivity index (χ0v) is 10.9. The fraction of sp³-hybridized carbons (Fsp3) is 0.727. The van der Waals surface area contributed by atoms with Gasteiger partial charge in [-0.25, -0.2) is 4.79 Å². The van der Waals surface area contributed by atoms with Gasteiger partial charge in [0.15, 0.2) is 0 Å². The third-order valence-corrected chi connectivity index (χ3v) is 2.73. The molecule has 1 unspecified atom stereocenters. The molecule has 19 heavy (non-hydrogen) atoms. The maximum absolute atomic E-state index is 12.2. The summed E-state index contributed by atoms with van der Waals surface area (Å²) in [7, 11) is 0. The van der Waals surface area contributed by atoms with Crippen LogP contribution in [-0.2, 0) is 11.2 Å². The Morgan fingerprint density at radius 1 is 1.37 bits per heavy atom. The van der Waals surface area contributed by atoms with Crippen molar-refractivity contribution in [3.05, 3.63) is 11.6 Å². The molecule has 0 aliphatic rings. The molecule has 0 radical (unpaired) electrons. The van der Waals surface area contributed by atoms with Gasteiger partial charge in [0, 0.05) is 6.42 Å². The van der Waals surface area contributed by atoms with Gasteiger partial charge in [0.2, 0.25) is 0 Å². The standard InChI is InChI=1S/C11H16F3N3O2/c1-6(2)9(10(18)19)17-7(3)15-16-8(17)4-5-11(12,13)14/h6,9H,4-5H2,1-3H3,(H,18,19). The lowest BCUT2D eigenvalue weighted by Gasteiger charge is -2.21. The Labute approximate surface area is 108 Å². The van der Waals surface area contributed by atoms with Crippen molar-refractivity contribution in [1.29, 1.82) is 0 Å². The number of aliphatic carboxylic acids is 1. The van der Waals surface area contributed by atoms with Crippen LogP contribution >= 0.6 is 0 Å². The number of alkyl halides is 3. The van der Waals surface area contributed by atoms with E-state index in [1.54, 1.807) is 13.8 Å². The molecule has 1 heterocycles. The highest BCUT2D eigenvalue weighted by Gasteiger charge is 2.31. The number of hydrogen-bond acceptors (Lipinski definition) is 3. The lowest BCUT2D eigenvalue weighted by molar-refractivity contribution is -0.142. The van der Waals surface area contributed by atoms with E-state index in [0.29, 0.717) is 5.82 Å². The minimum absolute atomic E-state index is 0.0518. The summed E-state index contributed by atoms with van der Waals surface area (Å²) in [5.74, 6) is -1.03. The number of nitrogens with zero attached hydrogens (tertiary/aromatic N) is 3. The van der Waals surface area contributed by atoms with E-state index in [0.717, 1.165) is 0 Å². The summed E-state index contributed by atoms with van der Waals surface area (Å²) in [4.78, 5) is 11.2. The Kier molecular flexibility index (Phi) is 4.54. The van der Waals surface area contributed by atoms with E-state index in [-0.39, 0.29) is 18.2 Å². The van der Waals surface area contributed by atoms with E-state index in [4.69, 9.17) is 0 Å². The molecule has 0 aliphatic carbocycles.